The van der Waals surface area contributed by atoms with Gasteiger partial charge in [0, 0.05) is 87.4 Å². The molecule has 0 saturated carbocycles. The molecule has 6 rings (SSSR count). The summed E-state index contributed by atoms with van der Waals surface area (Å²) < 4.78 is 6.76. The number of amides is 4. The van der Waals surface area contributed by atoms with Gasteiger partial charge >= 0.3 is 12.1 Å². The number of ether oxygens (including phenoxy) is 1. The van der Waals surface area contributed by atoms with E-state index in [9.17, 15) is 19.5 Å². The van der Waals surface area contributed by atoms with Crippen LogP contribution in [0.5, 0.6) is 5.75 Å². The van der Waals surface area contributed by atoms with E-state index in [0.29, 0.717) is 56.3 Å². The van der Waals surface area contributed by atoms with Crippen LogP contribution in [0.15, 0.2) is 133 Å². The first-order valence-electron chi connectivity index (χ1n) is 17.6. The maximum absolute atomic E-state index is 12.4. The zero-order chi connectivity index (χ0) is 37.2. The van der Waals surface area contributed by atoms with E-state index in [2.05, 4.69) is 61.4 Å². The van der Waals surface area contributed by atoms with Crippen LogP contribution >= 0.6 is 0 Å². The SMILES string of the molecule is CNC(=O)NCCN(Cc1ccccc1)c1ccc2c(c1)OC1=CC(N(CCNC(=O)NC)Cc3ccccc3)C=CC1=C2c1ccccc1C(=O)[O-]. The van der Waals surface area contributed by atoms with E-state index < -0.39 is 5.97 Å². The Labute approximate surface area is 309 Å². The number of aromatic carboxylic acids is 1. The van der Waals surface area contributed by atoms with Crippen molar-refractivity contribution in [3.8, 4) is 5.75 Å². The first-order valence-corrected chi connectivity index (χ1v) is 17.6. The van der Waals surface area contributed by atoms with E-state index in [-0.39, 0.29) is 23.7 Å². The Morgan fingerprint density at radius 1 is 0.736 bits per heavy atom. The third kappa shape index (κ3) is 8.95. The minimum Gasteiger partial charge on any atom is -0.545 e. The lowest BCUT2D eigenvalue weighted by atomic mass is 9.85. The van der Waals surface area contributed by atoms with Crippen LogP contribution in [0.4, 0.5) is 15.3 Å². The number of carbonyl (C=O) groups is 3. The molecule has 0 bridgehead atoms. The molecule has 4 aromatic carbocycles. The second-order valence-electron chi connectivity index (χ2n) is 12.7. The predicted octanol–water partition coefficient (Wildman–Crippen LogP) is 4.43. The van der Waals surface area contributed by atoms with Crippen molar-refractivity contribution >= 4 is 29.3 Å². The molecule has 0 spiro atoms. The number of urea groups is 2. The van der Waals surface area contributed by atoms with Gasteiger partial charge in [0.25, 0.3) is 0 Å². The normalized spacial score (nSPS) is 14.3. The number of hydrogen-bond acceptors (Lipinski definition) is 7. The summed E-state index contributed by atoms with van der Waals surface area (Å²) in [6.07, 6.45) is 6.12. The van der Waals surface area contributed by atoms with Crippen molar-refractivity contribution in [3.05, 3.63) is 161 Å². The number of carboxylic acids is 1. The van der Waals surface area contributed by atoms with Gasteiger partial charge in [0.05, 0.1) is 12.0 Å². The van der Waals surface area contributed by atoms with Gasteiger partial charge in [-0.05, 0) is 34.9 Å². The fourth-order valence-corrected chi connectivity index (χ4v) is 6.58. The lowest BCUT2D eigenvalue weighted by Crippen LogP contribution is -2.42. The van der Waals surface area contributed by atoms with Crippen LogP contribution in [-0.2, 0) is 13.1 Å². The highest BCUT2D eigenvalue weighted by Crippen LogP contribution is 2.45. The molecule has 4 aromatic rings. The molecule has 1 unspecified atom stereocenters. The van der Waals surface area contributed by atoms with E-state index >= 15 is 0 Å². The first kappa shape index (κ1) is 36.5. The fourth-order valence-electron chi connectivity index (χ4n) is 6.58. The van der Waals surface area contributed by atoms with E-state index in [0.717, 1.165) is 33.5 Å². The second-order valence-corrected chi connectivity index (χ2v) is 12.7. The summed E-state index contributed by atoms with van der Waals surface area (Å²) in [4.78, 5) is 40.8. The number of allylic oxidation sites excluding steroid dienone is 1. The zero-order valence-electron chi connectivity index (χ0n) is 29.8. The summed E-state index contributed by atoms with van der Waals surface area (Å²) in [5.41, 5.74) is 5.94. The molecule has 11 nitrogen and oxygen atoms in total. The van der Waals surface area contributed by atoms with Crippen molar-refractivity contribution in [2.45, 2.75) is 19.1 Å². The van der Waals surface area contributed by atoms with Gasteiger partial charge in [-0.15, -0.1) is 0 Å². The van der Waals surface area contributed by atoms with Gasteiger partial charge < -0.3 is 40.8 Å². The number of carbonyl (C=O) groups excluding carboxylic acids is 3. The molecule has 4 amide bonds. The van der Waals surface area contributed by atoms with E-state index in [4.69, 9.17) is 4.74 Å². The smallest absolute Gasteiger partial charge is 0.314 e. The van der Waals surface area contributed by atoms with Crippen molar-refractivity contribution in [1.82, 2.24) is 26.2 Å². The van der Waals surface area contributed by atoms with Gasteiger partial charge in [0.15, 0.2) is 0 Å². The Kier molecular flexibility index (Phi) is 11.9. The zero-order valence-corrected chi connectivity index (χ0v) is 29.8. The molecule has 1 atom stereocenters. The van der Waals surface area contributed by atoms with E-state index in [1.165, 1.54) is 0 Å². The largest absolute Gasteiger partial charge is 0.545 e. The highest BCUT2D eigenvalue weighted by molar-refractivity contribution is 6.00. The van der Waals surface area contributed by atoms with Crippen molar-refractivity contribution in [2.24, 2.45) is 0 Å². The van der Waals surface area contributed by atoms with Crippen LogP contribution in [0.3, 0.4) is 0 Å². The summed E-state index contributed by atoms with van der Waals surface area (Å²) in [7, 11) is 3.17. The third-order valence-electron chi connectivity index (χ3n) is 9.23. The number of nitrogens with zero attached hydrogens (tertiary/aromatic N) is 2. The molecule has 0 aromatic heterocycles. The molecule has 272 valence electrons. The maximum atomic E-state index is 12.4. The topological polar surface area (TPSA) is 138 Å². The monoisotopic (exact) mass is 711 g/mol. The summed E-state index contributed by atoms with van der Waals surface area (Å²) >= 11 is 0. The highest BCUT2D eigenvalue weighted by atomic mass is 16.5. The van der Waals surface area contributed by atoms with Crippen LogP contribution in [0.1, 0.15) is 32.6 Å². The molecular weight excluding hydrogens is 668 g/mol. The Bertz CT molecular complexity index is 2030. The summed E-state index contributed by atoms with van der Waals surface area (Å²) in [5.74, 6) is -0.0988. The van der Waals surface area contributed by atoms with Crippen LogP contribution < -0.4 is 36.0 Å². The molecule has 11 heteroatoms. The number of rotatable bonds is 14. The van der Waals surface area contributed by atoms with Crippen molar-refractivity contribution in [2.75, 3.05) is 45.2 Å². The summed E-state index contributed by atoms with van der Waals surface area (Å²) in [6, 6.07) is 32.3. The summed E-state index contributed by atoms with van der Waals surface area (Å²) in [6.45, 7) is 3.11. The first-order chi connectivity index (χ1) is 25.8. The minimum absolute atomic E-state index is 0.0822. The molecule has 0 radical (unpaired) electrons. The molecule has 0 fully saturated rings. The molecule has 2 aliphatic rings. The minimum atomic E-state index is -1.27. The predicted molar refractivity (Wildman–Crippen MR) is 204 cm³/mol. The quantitative estimate of drug-likeness (QED) is 0.152. The van der Waals surface area contributed by atoms with Crippen molar-refractivity contribution in [1.29, 1.82) is 0 Å². The van der Waals surface area contributed by atoms with Crippen LogP contribution in [0.25, 0.3) is 5.57 Å². The summed E-state index contributed by atoms with van der Waals surface area (Å²) in [5, 5.41) is 23.4. The lowest BCUT2D eigenvalue weighted by Gasteiger charge is -2.34. The highest BCUT2D eigenvalue weighted by Gasteiger charge is 2.30. The van der Waals surface area contributed by atoms with Gasteiger partial charge in [0.1, 0.15) is 11.5 Å². The van der Waals surface area contributed by atoms with E-state index in [1.54, 1.807) is 32.3 Å². The van der Waals surface area contributed by atoms with Crippen LogP contribution in [0, 0.1) is 0 Å². The standard InChI is InChI=1S/C42H44N6O5/c1-43-41(51)45-21-23-47(27-29-11-5-3-6-12-29)31-17-19-35-37(25-31)53-38-26-32(18-20-36(38)39(35)33-15-9-10-16-34(33)40(49)50)48(24-22-46-42(52)44-2)28-30-13-7-4-8-14-30/h3-20,25-26,31H,21-24,27-28H2,1-2H3,(H,49,50)(H2,43,45,51)(H2,44,46,52)/p-1. The molecule has 1 aliphatic heterocycles. The molecule has 4 N–H and O–H groups in total. The Morgan fingerprint density at radius 3 is 2.02 bits per heavy atom. The second kappa shape index (κ2) is 17.3. The van der Waals surface area contributed by atoms with E-state index in [1.807, 2.05) is 72.8 Å². The average Bonchev–Trinajstić information content (AvgIpc) is 3.19. The molecular formula is C42H43N6O5-. The van der Waals surface area contributed by atoms with Crippen molar-refractivity contribution in [3.63, 3.8) is 0 Å². The number of benzene rings is 4. The fraction of sp³-hybridized carbons (Fsp3) is 0.214. The van der Waals surface area contributed by atoms with Gasteiger partial charge in [-0.2, -0.15) is 0 Å². The molecule has 0 saturated heterocycles. The Hall–Kier alpha value is -6.33. The molecule has 1 aliphatic carbocycles. The van der Waals surface area contributed by atoms with Gasteiger partial charge in [0.2, 0.25) is 0 Å². The average molecular weight is 712 g/mol. The Balaban J connectivity index is 1.41. The van der Waals surface area contributed by atoms with Gasteiger partial charge in [-0.1, -0.05) is 97.1 Å². The Morgan fingerprint density at radius 2 is 1.36 bits per heavy atom. The number of hydrogen-bond donors (Lipinski definition) is 4. The number of anilines is 1. The molecule has 1 heterocycles. The number of carboxylic acid groups (broad SMARTS) is 1. The lowest BCUT2D eigenvalue weighted by molar-refractivity contribution is -0.255. The van der Waals surface area contributed by atoms with Gasteiger partial charge in [-0.25, -0.2) is 9.59 Å². The number of fused-ring (bicyclic) bond motifs is 2. The van der Waals surface area contributed by atoms with Crippen LogP contribution in [0.2, 0.25) is 0 Å². The molecule has 53 heavy (non-hydrogen) atoms. The van der Waals surface area contributed by atoms with Gasteiger partial charge in [-0.3, -0.25) is 4.90 Å². The maximum Gasteiger partial charge on any atom is 0.314 e. The van der Waals surface area contributed by atoms with Crippen LogP contribution in [-0.4, -0.2) is 69.2 Å². The van der Waals surface area contributed by atoms with Crippen molar-refractivity contribution < 1.29 is 24.2 Å². The third-order valence-corrected chi connectivity index (χ3v) is 9.23. The number of nitrogens with one attached hydrogen (secondary N) is 4.